The number of carbonyl (C=O) groups excluding carboxylic acids is 4. The highest BCUT2D eigenvalue weighted by Gasteiger charge is 2.42. The second kappa shape index (κ2) is 10.9. The van der Waals surface area contributed by atoms with Crippen molar-refractivity contribution < 1.29 is 29.1 Å². The van der Waals surface area contributed by atoms with E-state index in [2.05, 4.69) is 21.3 Å². The van der Waals surface area contributed by atoms with Crippen LogP contribution in [0.5, 0.6) is 0 Å². The Morgan fingerprint density at radius 3 is 2.66 bits per heavy atom. The van der Waals surface area contributed by atoms with Crippen LogP contribution in [0.15, 0.2) is 0 Å². The first kappa shape index (κ1) is 22.8. The van der Waals surface area contributed by atoms with Crippen LogP contribution >= 0.6 is 11.8 Å². The SMILES string of the molecule is NC(=O)CC[C@H](NC(=O)CCCC[C@@H]1SC[C@@H]2NC(=O)N[C@@H]21)C(=O)NCC(=O)O. The summed E-state index contributed by atoms with van der Waals surface area (Å²) in [5.74, 6) is -1.96. The van der Waals surface area contributed by atoms with E-state index in [1.165, 1.54) is 0 Å². The molecule has 29 heavy (non-hydrogen) atoms. The number of hydrogen-bond acceptors (Lipinski definition) is 6. The quantitative estimate of drug-likeness (QED) is 0.164. The zero-order valence-electron chi connectivity index (χ0n) is 15.9. The van der Waals surface area contributed by atoms with Crippen molar-refractivity contribution in [1.29, 1.82) is 0 Å². The van der Waals surface area contributed by atoms with Crippen LogP contribution in [0.2, 0.25) is 0 Å². The molecule has 2 aliphatic heterocycles. The number of primary amides is 1. The number of thioether (sulfide) groups is 1. The maximum Gasteiger partial charge on any atom is 0.322 e. The van der Waals surface area contributed by atoms with Crippen molar-refractivity contribution in [3.05, 3.63) is 0 Å². The predicted molar refractivity (Wildman–Crippen MR) is 105 cm³/mol. The van der Waals surface area contributed by atoms with E-state index in [4.69, 9.17) is 10.8 Å². The van der Waals surface area contributed by atoms with E-state index >= 15 is 0 Å². The van der Waals surface area contributed by atoms with Gasteiger partial charge >= 0.3 is 12.0 Å². The monoisotopic (exact) mass is 429 g/mol. The number of carboxylic acid groups (broad SMARTS) is 1. The van der Waals surface area contributed by atoms with E-state index in [-0.39, 0.29) is 43.3 Å². The van der Waals surface area contributed by atoms with Gasteiger partial charge in [0.15, 0.2) is 0 Å². The molecule has 2 rings (SSSR count). The van der Waals surface area contributed by atoms with Crippen molar-refractivity contribution in [3.8, 4) is 0 Å². The fourth-order valence-corrected chi connectivity index (χ4v) is 4.93. The van der Waals surface area contributed by atoms with Gasteiger partial charge in [-0.3, -0.25) is 19.2 Å². The molecule has 0 bridgehead atoms. The minimum atomic E-state index is -1.21. The summed E-state index contributed by atoms with van der Waals surface area (Å²) in [7, 11) is 0. The van der Waals surface area contributed by atoms with Crippen molar-refractivity contribution in [3.63, 3.8) is 0 Å². The van der Waals surface area contributed by atoms with Crippen LogP contribution in [-0.4, -0.2) is 70.5 Å². The van der Waals surface area contributed by atoms with E-state index in [0.717, 1.165) is 18.6 Å². The average molecular weight is 429 g/mol. The molecular formula is C17H27N5O6S. The first-order valence-corrected chi connectivity index (χ1v) is 10.6. The number of fused-ring (bicyclic) bond motifs is 1. The molecule has 0 aromatic heterocycles. The summed E-state index contributed by atoms with van der Waals surface area (Å²) in [5, 5.41) is 19.5. The van der Waals surface area contributed by atoms with Crippen LogP contribution in [0.4, 0.5) is 4.79 Å². The van der Waals surface area contributed by atoms with E-state index in [1.807, 2.05) is 0 Å². The van der Waals surface area contributed by atoms with Gasteiger partial charge < -0.3 is 32.1 Å². The molecule has 0 saturated carbocycles. The van der Waals surface area contributed by atoms with Gasteiger partial charge in [0.1, 0.15) is 12.6 Å². The Morgan fingerprint density at radius 2 is 1.97 bits per heavy atom. The van der Waals surface area contributed by atoms with Crippen molar-refractivity contribution >= 4 is 41.5 Å². The molecule has 0 unspecified atom stereocenters. The molecule has 5 amide bonds. The van der Waals surface area contributed by atoms with Gasteiger partial charge in [0.05, 0.1) is 12.1 Å². The highest BCUT2D eigenvalue weighted by Crippen LogP contribution is 2.33. The molecule has 7 N–H and O–H groups in total. The number of unbranched alkanes of at least 4 members (excludes halogenated alkanes) is 1. The average Bonchev–Trinajstić information content (AvgIpc) is 3.19. The number of nitrogens with two attached hydrogens (primary N) is 1. The van der Waals surface area contributed by atoms with Crippen LogP contribution in [0.25, 0.3) is 0 Å². The summed E-state index contributed by atoms with van der Waals surface area (Å²) in [6, 6.07) is -0.860. The number of urea groups is 1. The van der Waals surface area contributed by atoms with Crippen molar-refractivity contribution in [2.24, 2.45) is 5.73 Å². The van der Waals surface area contributed by atoms with Gasteiger partial charge in [0.25, 0.3) is 0 Å². The number of amides is 5. The molecule has 162 valence electrons. The lowest BCUT2D eigenvalue weighted by atomic mass is 10.0. The van der Waals surface area contributed by atoms with Crippen LogP contribution in [0, 0.1) is 0 Å². The Kier molecular flexibility index (Phi) is 8.55. The summed E-state index contributed by atoms with van der Waals surface area (Å²) in [6.07, 6.45) is 2.37. The maximum absolute atomic E-state index is 12.2. The number of nitrogens with one attached hydrogen (secondary N) is 4. The molecule has 2 heterocycles. The molecular weight excluding hydrogens is 402 g/mol. The lowest BCUT2D eigenvalue weighted by Crippen LogP contribution is -2.48. The highest BCUT2D eigenvalue weighted by atomic mass is 32.2. The van der Waals surface area contributed by atoms with Crippen LogP contribution < -0.4 is 27.0 Å². The van der Waals surface area contributed by atoms with Gasteiger partial charge in [-0.25, -0.2) is 4.79 Å². The molecule has 2 aliphatic rings. The zero-order chi connectivity index (χ0) is 21.4. The van der Waals surface area contributed by atoms with E-state index in [9.17, 15) is 24.0 Å². The Balaban J connectivity index is 1.71. The Labute approximate surface area is 172 Å². The first-order chi connectivity index (χ1) is 13.8. The number of carbonyl (C=O) groups is 5. The molecule has 0 radical (unpaired) electrons. The standard InChI is InChI=1S/C17H27N5O6S/c18-12(23)6-5-9(16(27)19-7-14(25)26)20-13(24)4-2-1-3-11-15-10(8-29-11)21-17(28)22-15/h9-11,15H,1-8H2,(H2,18,23)(H,19,27)(H,20,24)(H,25,26)(H2,21,22,28)/t9-,10-,11-,15-/m0/s1. The zero-order valence-corrected chi connectivity index (χ0v) is 16.8. The topological polar surface area (TPSA) is 180 Å². The van der Waals surface area contributed by atoms with Crippen molar-refractivity contribution in [2.75, 3.05) is 12.3 Å². The van der Waals surface area contributed by atoms with E-state index in [1.54, 1.807) is 11.8 Å². The Morgan fingerprint density at radius 1 is 1.21 bits per heavy atom. The smallest absolute Gasteiger partial charge is 0.322 e. The normalized spacial score (nSPS) is 23.4. The van der Waals surface area contributed by atoms with Gasteiger partial charge in [0.2, 0.25) is 17.7 Å². The summed E-state index contributed by atoms with van der Waals surface area (Å²) in [5.41, 5.74) is 5.09. The summed E-state index contributed by atoms with van der Waals surface area (Å²) >= 11 is 1.80. The van der Waals surface area contributed by atoms with Crippen LogP contribution in [0.3, 0.4) is 0 Å². The number of aliphatic carboxylic acids is 1. The molecule has 0 aromatic carbocycles. The van der Waals surface area contributed by atoms with Gasteiger partial charge in [-0.05, 0) is 19.3 Å². The summed E-state index contributed by atoms with van der Waals surface area (Å²) < 4.78 is 0. The Bertz CT molecular complexity index is 660. The molecule has 2 saturated heterocycles. The fraction of sp³-hybridized carbons (Fsp3) is 0.706. The second-order valence-corrected chi connectivity index (χ2v) is 8.38. The third kappa shape index (κ3) is 7.44. The molecule has 4 atom stereocenters. The third-order valence-corrected chi connectivity index (χ3v) is 6.33. The molecule has 0 aliphatic carbocycles. The number of hydrogen-bond donors (Lipinski definition) is 6. The second-order valence-electron chi connectivity index (χ2n) is 7.10. The van der Waals surface area contributed by atoms with Gasteiger partial charge in [0, 0.05) is 23.8 Å². The minimum absolute atomic E-state index is 0.000998. The van der Waals surface area contributed by atoms with Gasteiger partial charge in [-0.1, -0.05) is 6.42 Å². The maximum atomic E-state index is 12.2. The molecule has 12 heteroatoms. The Hall–Kier alpha value is -2.50. The highest BCUT2D eigenvalue weighted by molar-refractivity contribution is 8.00. The van der Waals surface area contributed by atoms with Crippen molar-refractivity contribution in [2.45, 2.75) is 61.9 Å². The number of carboxylic acids is 1. The van der Waals surface area contributed by atoms with Crippen LogP contribution in [0.1, 0.15) is 38.5 Å². The molecule has 0 aromatic rings. The first-order valence-electron chi connectivity index (χ1n) is 9.52. The fourth-order valence-electron chi connectivity index (χ4n) is 3.38. The molecule has 11 nitrogen and oxygen atoms in total. The minimum Gasteiger partial charge on any atom is -0.480 e. The lowest BCUT2D eigenvalue weighted by Gasteiger charge is -2.18. The molecule has 0 spiro atoms. The lowest BCUT2D eigenvalue weighted by molar-refractivity contribution is -0.138. The third-order valence-electron chi connectivity index (χ3n) is 4.83. The largest absolute Gasteiger partial charge is 0.480 e. The summed E-state index contributed by atoms with van der Waals surface area (Å²) in [6.45, 7) is -0.575. The van der Waals surface area contributed by atoms with Gasteiger partial charge in [-0.2, -0.15) is 11.8 Å². The van der Waals surface area contributed by atoms with Crippen LogP contribution in [-0.2, 0) is 19.2 Å². The van der Waals surface area contributed by atoms with E-state index < -0.39 is 30.4 Å². The number of rotatable bonds is 12. The van der Waals surface area contributed by atoms with Crippen molar-refractivity contribution in [1.82, 2.24) is 21.3 Å². The van der Waals surface area contributed by atoms with E-state index in [0.29, 0.717) is 11.7 Å². The van der Waals surface area contributed by atoms with Gasteiger partial charge in [-0.15, -0.1) is 0 Å². The summed E-state index contributed by atoms with van der Waals surface area (Å²) in [4.78, 5) is 57.1. The predicted octanol–water partition coefficient (Wildman–Crippen LogP) is -1.34. The molecule has 2 fully saturated rings.